The zero-order valence-corrected chi connectivity index (χ0v) is 16.8. The molecule has 2 aliphatic heterocycles. The maximum Gasteiger partial charge on any atom is 0.237 e. The molecule has 3 aromatic rings. The highest BCUT2D eigenvalue weighted by molar-refractivity contribution is 6.12. The molecule has 1 aromatic heterocycles. The third-order valence-corrected chi connectivity index (χ3v) is 5.59. The fourth-order valence-electron chi connectivity index (χ4n) is 3.94. The highest BCUT2D eigenvalue weighted by Gasteiger charge is 2.29. The van der Waals surface area contributed by atoms with E-state index in [4.69, 9.17) is 0 Å². The molecule has 1 unspecified atom stereocenters. The predicted molar refractivity (Wildman–Crippen MR) is 119 cm³/mol. The first kappa shape index (κ1) is 19.2. The average molecular weight is 416 g/mol. The summed E-state index contributed by atoms with van der Waals surface area (Å²) in [5, 5.41) is 2.70. The number of hydrogen-bond donors (Lipinski definition) is 1. The van der Waals surface area contributed by atoms with Crippen LogP contribution in [0.5, 0.6) is 0 Å². The van der Waals surface area contributed by atoms with Gasteiger partial charge >= 0.3 is 0 Å². The molecular formula is C23H21FN6O. The van der Waals surface area contributed by atoms with E-state index in [0.29, 0.717) is 5.69 Å². The van der Waals surface area contributed by atoms with Gasteiger partial charge in [-0.15, -0.1) is 0 Å². The van der Waals surface area contributed by atoms with E-state index in [-0.39, 0.29) is 11.7 Å². The number of aliphatic imine (C=N–C) groups is 1. The molecule has 0 bridgehead atoms. The molecule has 1 atom stereocenters. The molecule has 3 heterocycles. The summed E-state index contributed by atoms with van der Waals surface area (Å²) in [5.74, 6) is -0.304. The second-order valence-electron chi connectivity index (χ2n) is 7.52. The van der Waals surface area contributed by atoms with Gasteiger partial charge in [-0.1, -0.05) is 6.07 Å². The number of halogens is 1. The summed E-state index contributed by atoms with van der Waals surface area (Å²) in [6.07, 6.45) is 5.15. The quantitative estimate of drug-likeness (QED) is 0.660. The van der Waals surface area contributed by atoms with Crippen LogP contribution in [0.3, 0.4) is 0 Å². The maximum absolute atomic E-state index is 13.4. The number of piperazine rings is 1. The van der Waals surface area contributed by atoms with E-state index in [1.807, 2.05) is 30.3 Å². The van der Waals surface area contributed by atoms with E-state index in [2.05, 4.69) is 30.1 Å². The smallest absolute Gasteiger partial charge is 0.237 e. The standard InChI is InChI=1S/C23H21FN6O/c24-16-2-7-19-20(22(31)28-21(19)14-16)15-27-17-3-5-18(6-4-17)29-10-12-30(13-11-29)23-25-8-1-9-26-23/h1-9,14-15,20H,10-13H2,(H,28,31). The van der Waals surface area contributed by atoms with Crippen LogP contribution in [-0.4, -0.2) is 48.3 Å². The van der Waals surface area contributed by atoms with E-state index in [1.165, 1.54) is 12.1 Å². The molecule has 1 saturated heterocycles. The molecule has 2 aliphatic rings. The van der Waals surface area contributed by atoms with Gasteiger partial charge in [-0.05, 0) is 48.0 Å². The van der Waals surface area contributed by atoms with E-state index >= 15 is 0 Å². The molecule has 1 amide bonds. The normalized spacial score (nSPS) is 18.4. The van der Waals surface area contributed by atoms with Gasteiger partial charge in [0.25, 0.3) is 0 Å². The van der Waals surface area contributed by atoms with Crippen LogP contribution >= 0.6 is 0 Å². The fourth-order valence-corrected chi connectivity index (χ4v) is 3.94. The molecule has 7 nitrogen and oxygen atoms in total. The van der Waals surface area contributed by atoms with Crippen LogP contribution in [0.1, 0.15) is 11.5 Å². The molecule has 0 spiro atoms. The number of nitrogens with zero attached hydrogens (tertiary/aromatic N) is 5. The minimum atomic E-state index is -0.511. The van der Waals surface area contributed by atoms with Crippen molar-refractivity contribution in [3.63, 3.8) is 0 Å². The number of carbonyl (C=O) groups excluding carboxylic acids is 1. The number of aromatic nitrogens is 2. The molecular weight excluding hydrogens is 395 g/mol. The number of amides is 1. The Morgan fingerprint density at radius 3 is 2.45 bits per heavy atom. The number of nitrogens with one attached hydrogen (secondary N) is 1. The van der Waals surface area contributed by atoms with Crippen molar-refractivity contribution in [2.45, 2.75) is 5.92 Å². The van der Waals surface area contributed by atoms with Gasteiger partial charge in [-0.25, -0.2) is 14.4 Å². The summed E-state index contributed by atoms with van der Waals surface area (Å²) in [6.45, 7) is 3.49. The van der Waals surface area contributed by atoms with Crippen LogP contribution in [-0.2, 0) is 4.79 Å². The Bertz CT molecular complexity index is 1110. The van der Waals surface area contributed by atoms with Gasteiger partial charge in [0.15, 0.2) is 0 Å². The van der Waals surface area contributed by atoms with E-state index in [9.17, 15) is 9.18 Å². The van der Waals surface area contributed by atoms with Crippen molar-refractivity contribution < 1.29 is 9.18 Å². The molecule has 0 saturated carbocycles. The molecule has 5 rings (SSSR count). The summed E-state index contributed by atoms with van der Waals surface area (Å²) in [4.78, 5) is 29.8. The second kappa shape index (κ2) is 8.14. The van der Waals surface area contributed by atoms with Gasteiger partial charge in [0.2, 0.25) is 11.9 Å². The third kappa shape index (κ3) is 3.96. The lowest BCUT2D eigenvalue weighted by atomic mass is 10.0. The first-order chi connectivity index (χ1) is 15.2. The number of fused-ring (bicyclic) bond motifs is 1. The minimum absolute atomic E-state index is 0.193. The van der Waals surface area contributed by atoms with E-state index in [0.717, 1.165) is 49.1 Å². The molecule has 0 aliphatic carbocycles. The van der Waals surface area contributed by atoms with Gasteiger partial charge < -0.3 is 15.1 Å². The maximum atomic E-state index is 13.4. The van der Waals surface area contributed by atoms with Crippen molar-refractivity contribution >= 4 is 35.1 Å². The molecule has 1 fully saturated rings. The monoisotopic (exact) mass is 416 g/mol. The first-order valence-corrected chi connectivity index (χ1v) is 10.2. The highest BCUT2D eigenvalue weighted by Crippen LogP contribution is 2.32. The number of anilines is 3. The van der Waals surface area contributed by atoms with Gasteiger partial charge in [0, 0.05) is 56.2 Å². The predicted octanol–water partition coefficient (Wildman–Crippen LogP) is 3.38. The molecule has 2 aromatic carbocycles. The van der Waals surface area contributed by atoms with Gasteiger partial charge in [0.05, 0.1) is 5.69 Å². The van der Waals surface area contributed by atoms with Crippen LogP contribution in [0.2, 0.25) is 0 Å². The number of carbonyl (C=O) groups is 1. The van der Waals surface area contributed by atoms with Crippen LogP contribution in [0.25, 0.3) is 0 Å². The van der Waals surface area contributed by atoms with E-state index in [1.54, 1.807) is 24.7 Å². The Morgan fingerprint density at radius 2 is 1.71 bits per heavy atom. The summed E-state index contributed by atoms with van der Waals surface area (Å²) in [6, 6.07) is 14.1. The summed E-state index contributed by atoms with van der Waals surface area (Å²) < 4.78 is 13.4. The Kier molecular flexibility index (Phi) is 5.03. The largest absolute Gasteiger partial charge is 0.368 e. The Hall–Kier alpha value is -3.81. The van der Waals surface area contributed by atoms with Crippen LogP contribution < -0.4 is 15.1 Å². The van der Waals surface area contributed by atoms with Gasteiger partial charge in [-0.2, -0.15) is 0 Å². The fraction of sp³-hybridized carbons (Fsp3) is 0.217. The first-order valence-electron chi connectivity index (χ1n) is 10.2. The van der Waals surface area contributed by atoms with Crippen LogP contribution in [0.4, 0.5) is 27.4 Å². The lowest BCUT2D eigenvalue weighted by molar-refractivity contribution is -0.115. The van der Waals surface area contributed by atoms with E-state index < -0.39 is 5.92 Å². The summed E-state index contributed by atoms with van der Waals surface area (Å²) >= 11 is 0. The molecule has 8 heteroatoms. The SMILES string of the molecule is O=C1Nc2cc(F)ccc2C1C=Nc1ccc(N2CCN(c3ncccn3)CC2)cc1. The van der Waals surface area contributed by atoms with Gasteiger partial charge in [0.1, 0.15) is 11.7 Å². The summed E-state index contributed by atoms with van der Waals surface area (Å²) in [7, 11) is 0. The van der Waals surface area contributed by atoms with Crippen LogP contribution in [0.15, 0.2) is 65.9 Å². The van der Waals surface area contributed by atoms with Crippen molar-refractivity contribution in [3.05, 3.63) is 72.3 Å². The number of rotatable bonds is 4. The van der Waals surface area contributed by atoms with Crippen molar-refractivity contribution in [1.29, 1.82) is 0 Å². The third-order valence-electron chi connectivity index (χ3n) is 5.59. The lowest BCUT2D eigenvalue weighted by Crippen LogP contribution is -2.47. The number of benzene rings is 2. The Balaban J connectivity index is 1.23. The Morgan fingerprint density at radius 1 is 1.00 bits per heavy atom. The average Bonchev–Trinajstić information content (AvgIpc) is 3.12. The second-order valence-corrected chi connectivity index (χ2v) is 7.52. The van der Waals surface area contributed by atoms with Gasteiger partial charge in [-0.3, -0.25) is 9.79 Å². The molecule has 0 radical (unpaired) electrons. The zero-order chi connectivity index (χ0) is 21.2. The van der Waals surface area contributed by atoms with Crippen molar-refractivity contribution in [1.82, 2.24) is 9.97 Å². The van der Waals surface area contributed by atoms with Crippen molar-refractivity contribution in [3.8, 4) is 0 Å². The molecule has 156 valence electrons. The van der Waals surface area contributed by atoms with Crippen molar-refractivity contribution in [2.24, 2.45) is 4.99 Å². The zero-order valence-electron chi connectivity index (χ0n) is 16.8. The molecule has 1 N–H and O–H groups in total. The number of hydrogen-bond acceptors (Lipinski definition) is 6. The summed E-state index contributed by atoms with van der Waals surface area (Å²) in [5.41, 5.74) is 3.15. The minimum Gasteiger partial charge on any atom is -0.368 e. The molecule has 31 heavy (non-hydrogen) atoms. The van der Waals surface area contributed by atoms with Crippen LogP contribution in [0, 0.1) is 5.82 Å². The topological polar surface area (TPSA) is 73.7 Å². The Labute approximate surface area is 179 Å². The van der Waals surface area contributed by atoms with Crippen molar-refractivity contribution in [2.75, 3.05) is 41.3 Å². The lowest BCUT2D eigenvalue weighted by Gasteiger charge is -2.36. The highest BCUT2D eigenvalue weighted by atomic mass is 19.1.